The second-order valence-electron chi connectivity index (χ2n) is 4.36. The number of nitrogens with zero attached hydrogens (tertiary/aromatic N) is 2. The summed E-state index contributed by atoms with van der Waals surface area (Å²) in [7, 11) is -3.57. The van der Waals surface area contributed by atoms with Gasteiger partial charge in [-0.05, 0) is 18.6 Å². The first-order valence-electron chi connectivity index (χ1n) is 5.73. The van der Waals surface area contributed by atoms with Gasteiger partial charge >= 0.3 is 0 Å². The van der Waals surface area contributed by atoms with Gasteiger partial charge in [0, 0.05) is 19.1 Å². The molecule has 1 aliphatic heterocycles. The minimum Gasteiger partial charge on any atom is -0.308 e. The lowest BCUT2D eigenvalue weighted by atomic mass is 10.2. The first kappa shape index (κ1) is 12.9. The van der Waals surface area contributed by atoms with Crippen molar-refractivity contribution in [1.29, 1.82) is 5.26 Å². The average molecular weight is 265 g/mol. The lowest BCUT2D eigenvalue weighted by Crippen LogP contribution is -2.40. The van der Waals surface area contributed by atoms with Gasteiger partial charge < -0.3 is 5.32 Å². The van der Waals surface area contributed by atoms with E-state index in [0.717, 1.165) is 5.56 Å². The summed E-state index contributed by atoms with van der Waals surface area (Å²) in [6.07, 6.45) is 0. The number of benzene rings is 1. The maximum atomic E-state index is 12.1. The molecule has 6 heteroatoms. The number of nitrogens with one attached hydrogen (secondary N) is 1. The van der Waals surface area contributed by atoms with Gasteiger partial charge in [-0.1, -0.05) is 18.2 Å². The predicted octanol–water partition coefficient (Wildman–Crippen LogP) is 0.838. The van der Waals surface area contributed by atoms with E-state index in [-0.39, 0.29) is 6.04 Å². The van der Waals surface area contributed by atoms with Crippen molar-refractivity contribution >= 4 is 15.7 Å². The zero-order chi connectivity index (χ0) is 13.2. The van der Waals surface area contributed by atoms with E-state index in [2.05, 4.69) is 5.32 Å². The van der Waals surface area contributed by atoms with Gasteiger partial charge in [-0.15, -0.1) is 0 Å². The summed E-state index contributed by atoms with van der Waals surface area (Å²) in [5.41, 5.74) is 1.60. The van der Waals surface area contributed by atoms with Crippen molar-refractivity contribution in [2.24, 2.45) is 0 Å². The van der Waals surface area contributed by atoms with Gasteiger partial charge in [-0.25, -0.2) is 8.42 Å². The van der Waals surface area contributed by atoms with Crippen LogP contribution in [0.1, 0.15) is 12.5 Å². The number of rotatable bonds is 2. The van der Waals surface area contributed by atoms with Crippen LogP contribution in [0.5, 0.6) is 0 Å². The van der Waals surface area contributed by atoms with Crippen molar-refractivity contribution in [3.05, 3.63) is 29.8 Å². The van der Waals surface area contributed by atoms with Gasteiger partial charge in [0.1, 0.15) is 0 Å². The first-order valence-corrected chi connectivity index (χ1v) is 7.34. The first-order chi connectivity index (χ1) is 8.54. The summed E-state index contributed by atoms with van der Waals surface area (Å²) in [5, 5.41) is 11.9. The molecule has 5 nitrogen and oxygen atoms in total. The van der Waals surface area contributed by atoms with Crippen molar-refractivity contribution in [3.8, 4) is 6.07 Å². The normalized spacial score (nSPS) is 19.8. The molecule has 96 valence electrons. The standard InChI is InChI=1S/C12H15N3O2S/c1-10-9-15(18(16,17)7-6-13)12-5-3-2-4-11(12)8-14-10/h2-5,10,14H,7-9H2,1H3. The maximum absolute atomic E-state index is 12.1. The summed E-state index contributed by atoms with van der Waals surface area (Å²) in [4.78, 5) is 0. The SMILES string of the molecule is CC1CN(S(=O)(=O)CC#N)c2ccccc2CN1. The fourth-order valence-corrected chi connectivity index (χ4v) is 3.27. The second-order valence-corrected chi connectivity index (χ2v) is 6.25. The van der Waals surface area contributed by atoms with E-state index in [1.54, 1.807) is 12.1 Å². The molecule has 0 spiro atoms. The number of hydrogen-bond acceptors (Lipinski definition) is 4. The maximum Gasteiger partial charge on any atom is 0.248 e. The molecule has 0 bridgehead atoms. The summed E-state index contributed by atoms with van der Waals surface area (Å²) in [6, 6.07) is 9.14. The van der Waals surface area contributed by atoms with Crippen molar-refractivity contribution < 1.29 is 8.42 Å². The van der Waals surface area contributed by atoms with Crippen LogP contribution >= 0.6 is 0 Å². The van der Waals surface area contributed by atoms with Gasteiger partial charge in [0.25, 0.3) is 0 Å². The molecule has 1 unspecified atom stereocenters. The Morgan fingerprint density at radius 1 is 1.50 bits per heavy atom. The van der Waals surface area contributed by atoms with Crippen molar-refractivity contribution in [2.45, 2.75) is 19.5 Å². The summed E-state index contributed by atoms with van der Waals surface area (Å²) in [6.45, 7) is 2.91. The fraction of sp³-hybridized carbons (Fsp3) is 0.417. The Morgan fingerprint density at radius 2 is 2.22 bits per heavy atom. The Morgan fingerprint density at radius 3 is 2.94 bits per heavy atom. The van der Waals surface area contributed by atoms with Crippen LogP contribution in [0, 0.1) is 11.3 Å². The van der Waals surface area contributed by atoms with Gasteiger partial charge in [0.15, 0.2) is 5.75 Å². The third kappa shape index (κ3) is 2.47. The molecule has 0 saturated heterocycles. The summed E-state index contributed by atoms with van der Waals surface area (Å²) in [5.74, 6) is -0.492. The number of anilines is 1. The molecule has 0 saturated carbocycles. The molecule has 2 rings (SSSR count). The van der Waals surface area contributed by atoms with Crippen molar-refractivity contribution in [1.82, 2.24) is 5.32 Å². The molecule has 0 radical (unpaired) electrons. The monoisotopic (exact) mass is 265 g/mol. The minimum atomic E-state index is -3.57. The molecule has 1 aromatic carbocycles. The highest BCUT2D eigenvalue weighted by molar-refractivity contribution is 7.93. The largest absolute Gasteiger partial charge is 0.308 e. The van der Waals surface area contributed by atoms with E-state index in [1.807, 2.05) is 25.1 Å². The number of fused-ring (bicyclic) bond motifs is 1. The molecule has 1 aliphatic rings. The lowest BCUT2D eigenvalue weighted by molar-refractivity contribution is 0.557. The molecule has 1 aromatic rings. The minimum absolute atomic E-state index is 0.0471. The molecular formula is C12H15N3O2S. The molecule has 0 amide bonds. The number of para-hydroxylation sites is 1. The third-order valence-corrected chi connectivity index (χ3v) is 4.43. The smallest absolute Gasteiger partial charge is 0.248 e. The molecule has 1 N–H and O–H groups in total. The molecule has 1 heterocycles. The van der Waals surface area contributed by atoms with Crippen LogP contribution in [0.2, 0.25) is 0 Å². The van der Waals surface area contributed by atoms with E-state index < -0.39 is 15.8 Å². The molecule has 0 aliphatic carbocycles. The highest BCUT2D eigenvalue weighted by Gasteiger charge is 2.28. The van der Waals surface area contributed by atoms with Crippen LogP contribution in [0.4, 0.5) is 5.69 Å². The van der Waals surface area contributed by atoms with E-state index >= 15 is 0 Å². The van der Waals surface area contributed by atoms with E-state index in [0.29, 0.717) is 18.8 Å². The van der Waals surface area contributed by atoms with E-state index in [1.165, 1.54) is 4.31 Å². The Bertz CT molecular complexity index is 577. The van der Waals surface area contributed by atoms with E-state index in [4.69, 9.17) is 5.26 Å². The Hall–Kier alpha value is -1.58. The van der Waals surface area contributed by atoms with Gasteiger partial charge in [0.05, 0.1) is 11.8 Å². The molecule has 1 atom stereocenters. The predicted molar refractivity (Wildman–Crippen MR) is 69.5 cm³/mol. The topological polar surface area (TPSA) is 73.2 Å². The highest BCUT2D eigenvalue weighted by atomic mass is 32.2. The zero-order valence-corrected chi connectivity index (χ0v) is 10.9. The van der Waals surface area contributed by atoms with E-state index in [9.17, 15) is 8.42 Å². The third-order valence-electron chi connectivity index (χ3n) is 2.92. The van der Waals surface area contributed by atoms with Gasteiger partial charge in [-0.3, -0.25) is 4.31 Å². The Labute approximate surface area is 107 Å². The number of nitriles is 1. The van der Waals surface area contributed by atoms with Crippen molar-refractivity contribution in [3.63, 3.8) is 0 Å². The van der Waals surface area contributed by atoms with Crippen LogP contribution in [0.25, 0.3) is 0 Å². The van der Waals surface area contributed by atoms with Crippen LogP contribution in [-0.4, -0.2) is 26.8 Å². The Balaban J connectivity index is 2.49. The number of sulfonamides is 1. The lowest BCUT2D eigenvalue weighted by Gasteiger charge is -2.24. The van der Waals surface area contributed by atoms with Crippen LogP contribution < -0.4 is 9.62 Å². The van der Waals surface area contributed by atoms with Crippen molar-refractivity contribution in [2.75, 3.05) is 16.6 Å². The zero-order valence-electron chi connectivity index (χ0n) is 10.1. The molecule has 0 aromatic heterocycles. The molecular weight excluding hydrogens is 250 g/mol. The quantitative estimate of drug-likeness (QED) is 0.860. The van der Waals surface area contributed by atoms with Crippen LogP contribution in [-0.2, 0) is 16.6 Å². The Kier molecular flexibility index (Phi) is 3.55. The summed E-state index contributed by atoms with van der Waals surface area (Å²) >= 11 is 0. The fourth-order valence-electron chi connectivity index (χ4n) is 2.02. The van der Waals surface area contributed by atoms with Gasteiger partial charge in [-0.2, -0.15) is 5.26 Å². The highest BCUT2D eigenvalue weighted by Crippen LogP contribution is 2.26. The summed E-state index contributed by atoms with van der Waals surface area (Å²) < 4.78 is 25.6. The number of hydrogen-bond donors (Lipinski definition) is 1. The molecule has 0 fully saturated rings. The van der Waals surface area contributed by atoms with Gasteiger partial charge in [0.2, 0.25) is 10.0 Å². The van der Waals surface area contributed by atoms with Crippen LogP contribution in [0.3, 0.4) is 0 Å². The molecule has 18 heavy (non-hydrogen) atoms. The van der Waals surface area contributed by atoms with Crippen LogP contribution in [0.15, 0.2) is 24.3 Å². The second kappa shape index (κ2) is 4.96. The average Bonchev–Trinajstić information content (AvgIpc) is 2.50.